The number of nitrogens with one attached hydrogen (secondary N) is 1. The number of thiazole rings is 1. The fraction of sp³-hybridized carbons (Fsp3) is 0.333. The lowest BCUT2D eigenvalue weighted by molar-refractivity contribution is -0.121. The third-order valence-electron chi connectivity index (χ3n) is 3.22. The summed E-state index contributed by atoms with van der Waals surface area (Å²) in [5, 5.41) is 13.5. The van der Waals surface area contributed by atoms with E-state index >= 15 is 0 Å². The number of nitrogens with zero attached hydrogens (tertiary/aromatic N) is 1. The van der Waals surface area contributed by atoms with Gasteiger partial charge < -0.3 is 10.4 Å². The highest BCUT2D eigenvalue weighted by atomic mass is 32.1. The van der Waals surface area contributed by atoms with E-state index in [1.165, 1.54) is 4.57 Å². The van der Waals surface area contributed by atoms with Crippen molar-refractivity contribution in [2.24, 2.45) is 0 Å². The minimum absolute atomic E-state index is 0.0335. The van der Waals surface area contributed by atoms with Gasteiger partial charge >= 0.3 is 4.87 Å². The average molecular weight is 306 g/mol. The van der Waals surface area contributed by atoms with Gasteiger partial charge in [-0.25, -0.2) is 0 Å². The molecule has 0 aliphatic carbocycles. The van der Waals surface area contributed by atoms with Crippen molar-refractivity contribution in [3.05, 3.63) is 56.1 Å². The molecule has 2 N–H and O–H groups in total. The number of hydrogen-bond donors (Lipinski definition) is 2. The van der Waals surface area contributed by atoms with E-state index in [4.69, 9.17) is 5.11 Å². The van der Waals surface area contributed by atoms with Gasteiger partial charge in [-0.1, -0.05) is 35.6 Å². The first-order valence-electron chi connectivity index (χ1n) is 6.70. The zero-order valence-electron chi connectivity index (χ0n) is 11.8. The fourth-order valence-corrected chi connectivity index (χ4v) is 2.69. The van der Waals surface area contributed by atoms with Crippen LogP contribution in [0.15, 0.2) is 34.4 Å². The average Bonchev–Trinajstić information content (AvgIpc) is 2.80. The third kappa shape index (κ3) is 4.27. The van der Waals surface area contributed by atoms with Crippen LogP contribution in [0.25, 0.3) is 0 Å². The molecular formula is C15H18N2O3S. The van der Waals surface area contributed by atoms with Gasteiger partial charge in [0, 0.05) is 17.6 Å². The van der Waals surface area contributed by atoms with Crippen molar-refractivity contribution in [3.8, 4) is 0 Å². The Morgan fingerprint density at radius 3 is 2.52 bits per heavy atom. The SMILES string of the molecule is Cc1csc(=O)n1CC(=O)NCCc1ccc(CO)cc1. The highest BCUT2D eigenvalue weighted by Crippen LogP contribution is 2.04. The molecule has 2 aromatic rings. The summed E-state index contributed by atoms with van der Waals surface area (Å²) in [6, 6.07) is 7.60. The number of aliphatic hydroxyl groups is 1. The van der Waals surface area contributed by atoms with Crippen LogP contribution in [0.1, 0.15) is 16.8 Å². The van der Waals surface area contributed by atoms with Crippen molar-refractivity contribution in [1.29, 1.82) is 0 Å². The number of carbonyl (C=O) groups is 1. The molecule has 1 heterocycles. The van der Waals surface area contributed by atoms with Crippen LogP contribution in [-0.4, -0.2) is 22.1 Å². The van der Waals surface area contributed by atoms with Crippen LogP contribution in [0.5, 0.6) is 0 Å². The fourth-order valence-electron chi connectivity index (χ4n) is 1.95. The van der Waals surface area contributed by atoms with Crippen LogP contribution in [0, 0.1) is 6.92 Å². The molecule has 5 nitrogen and oxygen atoms in total. The highest BCUT2D eigenvalue weighted by Gasteiger charge is 2.07. The van der Waals surface area contributed by atoms with E-state index in [-0.39, 0.29) is 23.9 Å². The molecule has 0 unspecified atom stereocenters. The Bertz CT molecular complexity index is 658. The van der Waals surface area contributed by atoms with Gasteiger partial charge in [-0.15, -0.1) is 0 Å². The molecule has 0 radical (unpaired) electrons. The summed E-state index contributed by atoms with van der Waals surface area (Å²) in [6.07, 6.45) is 0.717. The third-order valence-corrected chi connectivity index (χ3v) is 4.10. The highest BCUT2D eigenvalue weighted by molar-refractivity contribution is 7.07. The molecule has 21 heavy (non-hydrogen) atoms. The molecule has 0 aliphatic heterocycles. The van der Waals surface area contributed by atoms with Crippen molar-refractivity contribution < 1.29 is 9.90 Å². The predicted molar refractivity (Wildman–Crippen MR) is 82.4 cm³/mol. The van der Waals surface area contributed by atoms with E-state index < -0.39 is 0 Å². The minimum Gasteiger partial charge on any atom is -0.392 e. The second kappa shape index (κ2) is 7.19. The van der Waals surface area contributed by atoms with Gasteiger partial charge in [0.2, 0.25) is 5.91 Å². The second-order valence-electron chi connectivity index (χ2n) is 4.80. The lowest BCUT2D eigenvalue weighted by Crippen LogP contribution is -2.32. The number of benzene rings is 1. The molecule has 1 amide bonds. The molecule has 0 spiro atoms. The van der Waals surface area contributed by atoms with Crippen LogP contribution in [0.4, 0.5) is 0 Å². The summed E-state index contributed by atoms with van der Waals surface area (Å²) in [6.45, 7) is 2.44. The number of rotatable bonds is 6. The summed E-state index contributed by atoms with van der Waals surface area (Å²) in [5.74, 6) is -0.162. The molecule has 1 aromatic carbocycles. The molecule has 0 bridgehead atoms. The molecule has 2 rings (SSSR count). The standard InChI is InChI=1S/C15H18N2O3S/c1-11-10-21-15(20)17(11)8-14(19)16-7-6-12-2-4-13(9-18)5-3-12/h2-5,10,18H,6-9H2,1H3,(H,16,19). The van der Waals surface area contributed by atoms with Crippen LogP contribution in [0.3, 0.4) is 0 Å². The number of aliphatic hydroxyl groups excluding tert-OH is 1. The van der Waals surface area contributed by atoms with Crippen LogP contribution in [-0.2, 0) is 24.4 Å². The Labute approximate surface area is 126 Å². The van der Waals surface area contributed by atoms with Crippen LogP contribution >= 0.6 is 11.3 Å². The van der Waals surface area contributed by atoms with Gasteiger partial charge in [-0.3, -0.25) is 14.2 Å². The quantitative estimate of drug-likeness (QED) is 0.838. The lowest BCUT2D eigenvalue weighted by Gasteiger charge is -2.07. The normalized spacial score (nSPS) is 10.6. The summed E-state index contributed by atoms with van der Waals surface area (Å²) in [5.41, 5.74) is 2.77. The Hall–Kier alpha value is -1.92. The van der Waals surface area contributed by atoms with Gasteiger partial charge in [0.1, 0.15) is 6.54 Å². The zero-order valence-corrected chi connectivity index (χ0v) is 12.7. The Balaban J connectivity index is 1.80. The van der Waals surface area contributed by atoms with Crippen LogP contribution in [0.2, 0.25) is 0 Å². The van der Waals surface area contributed by atoms with Crippen molar-refractivity contribution in [3.63, 3.8) is 0 Å². The molecule has 1 aromatic heterocycles. The first-order valence-corrected chi connectivity index (χ1v) is 7.58. The molecule has 0 aliphatic rings. The van der Waals surface area contributed by atoms with Gasteiger partial charge in [0.05, 0.1) is 6.61 Å². The molecule has 0 saturated heterocycles. The number of hydrogen-bond acceptors (Lipinski definition) is 4. The Kier molecular flexibility index (Phi) is 5.30. The molecule has 0 fully saturated rings. The zero-order chi connectivity index (χ0) is 15.2. The van der Waals surface area contributed by atoms with E-state index in [2.05, 4.69) is 5.32 Å². The van der Waals surface area contributed by atoms with E-state index in [9.17, 15) is 9.59 Å². The van der Waals surface area contributed by atoms with Gasteiger partial charge in [-0.05, 0) is 24.5 Å². The predicted octanol–water partition coefficient (Wildman–Crippen LogP) is 1.07. The first-order chi connectivity index (χ1) is 10.1. The van der Waals surface area contributed by atoms with E-state index in [0.717, 1.165) is 34.6 Å². The maximum atomic E-state index is 11.8. The van der Waals surface area contributed by atoms with E-state index in [1.54, 1.807) is 5.38 Å². The lowest BCUT2D eigenvalue weighted by atomic mass is 10.1. The molecule has 112 valence electrons. The van der Waals surface area contributed by atoms with Crippen molar-refractivity contribution in [1.82, 2.24) is 9.88 Å². The summed E-state index contributed by atoms with van der Waals surface area (Å²) in [7, 11) is 0. The molecule has 0 atom stereocenters. The van der Waals surface area contributed by atoms with Crippen molar-refractivity contribution in [2.75, 3.05) is 6.54 Å². The number of amides is 1. The molecule has 6 heteroatoms. The Morgan fingerprint density at radius 1 is 1.29 bits per heavy atom. The summed E-state index contributed by atoms with van der Waals surface area (Å²) < 4.78 is 1.47. The topological polar surface area (TPSA) is 71.3 Å². The van der Waals surface area contributed by atoms with Crippen molar-refractivity contribution in [2.45, 2.75) is 26.5 Å². The second-order valence-corrected chi connectivity index (χ2v) is 5.62. The van der Waals surface area contributed by atoms with E-state index in [1.807, 2.05) is 31.2 Å². The van der Waals surface area contributed by atoms with Crippen molar-refractivity contribution >= 4 is 17.2 Å². The largest absolute Gasteiger partial charge is 0.392 e. The maximum Gasteiger partial charge on any atom is 0.307 e. The summed E-state index contributed by atoms with van der Waals surface area (Å²) in [4.78, 5) is 23.2. The van der Waals surface area contributed by atoms with Gasteiger partial charge in [0.15, 0.2) is 0 Å². The van der Waals surface area contributed by atoms with Gasteiger partial charge in [0.25, 0.3) is 0 Å². The smallest absolute Gasteiger partial charge is 0.307 e. The van der Waals surface area contributed by atoms with Crippen LogP contribution < -0.4 is 10.2 Å². The minimum atomic E-state index is -0.162. The first kappa shape index (κ1) is 15.5. The molecular weight excluding hydrogens is 288 g/mol. The molecule has 0 saturated carbocycles. The monoisotopic (exact) mass is 306 g/mol. The Morgan fingerprint density at radius 2 is 1.95 bits per heavy atom. The number of aromatic nitrogens is 1. The van der Waals surface area contributed by atoms with Gasteiger partial charge in [-0.2, -0.15) is 0 Å². The summed E-state index contributed by atoms with van der Waals surface area (Å²) >= 11 is 1.10. The number of aryl methyl sites for hydroxylation is 1. The number of carbonyl (C=O) groups excluding carboxylic acids is 1. The van der Waals surface area contributed by atoms with E-state index in [0.29, 0.717) is 6.54 Å². The maximum absolute atomic E-state index is 11.8.